The molecule has 0 bridgehead atoms. The van der Waals surface area contributed by atoms with Crippen molar-refractivity contribution < 1.29 is 24.0 Å². The van der Waals surface area contributed by atoms with Crippen LogP contribution >= 0.6 is 11.3 Å². The van der Waals surface area contributed by atoms with Crippen molar-refractivity contribution in [2.75, 3.05) is 13.6 Å². The molecule has 1 fully saturated rings. The third kappa shape index (κ3) is 6.76. The van der Waals surface area contributed by atoms with E-state index in [0.717, 1.165) is 21.7 Å². The molecule has 11 heteroatoms. The number of carbonyl (C=O) groups is 3. The van der Waals surface area contributed by atoms with Crippen LogP contribution < -0.4 is 10.6 Å². The number of aliphatic hydroxyl groups is 1. The highest BCUT2D eigenvalue weighted by molar-refractivity contribution is 7.13. The first kappa shape index (κ1) is 29.4. The second kappa shape index (κ2) is 12.7. The predicted molar refractivity (Wildman–Crippen MR) is 151 cm³/mol. The lowest BCUT2D eigenvalue weighted by atomic mass is 9.91. The summed E-state index contributed by atoms with van der Waals surface area (Å²) in [6.45, 7) is 7.76. The Balaban J connectivity index is 1.49. The first-order chi connectivity index (χ1) is 19.1. The molecule has 3 N–H and O–H groups in total. The molecule has 2 aromatic heterocycles. The number of thiazole rings is 1. The number of aromatic nitrogens is 2. The van der Waals surface area contributed by atoms with Crippen LogP contribution in [0.1, 0.15) is 67.8 Å². The third-order valence-electron chi connectivity index (χ3n) is 7.31. The molecule has 10 nitrogen and oxygen atoms in total. The van der Waals surface area contributed by atoms with Crippen molar-refractivity contribution in [2.24, 2.45) is 5.92 Å². The van der Waals surface area contributed by atoms with Crippen LogP contribution in [0.5, 0.6) is 0 Å². The Bertz CT molecular complexity index is 1330. The molecule has 0 radical (unpaired) electrons. The second-order valence-electron chi connectivity index (χ2n) is 10.7. The van der Waals surface area contributed by atoms with E-state index in [2.05, 4.69) is 20.8 Å². The Morgan fingerprint density at radius 2 is 1.90 bits per heavy atom. The van der Waals surface area contributed by atoms with Gasteiger partial charge in [-0.15, -0.1) is 11.3 Å². The minimum atomic E-state index is -0.726. The third-order valence-corrected chi connectivity index (χ3v) is 8.28. The Morgan fingerprint density at radius 3 is 2.48 bits per heavy atom. The van der Waals surface area contributed by atoms with Crippen molar-refractivity contribution in [1.82, 2.24) is 25.7 Å². The highest BCUT2D eigenvalue weighted by Gasteiger charge is 2.41. The topological polar surface area (TPSA) is 138 Å². The van der Waals surface area contributed by atoms with Crippen LogP contribution in [-0.4, -0.2) is 63.6 Å². The van der Waals surface area contributed by atoms with Crippen molar-refractivity contribution in [3.8, 4) is 10.4 Å². The molecule has 1 aromatic carbocycles. The summed E-state index contributed by atoms with van der Waals surface area (Å²) < 4.78 is 5.42. The van der Waals surface area contributed by atoms with Gasteiger partial charge >= 0.3 is 0 Å². The van der Waals surface area contributed by atoms with E-state index >= 15 is 0 Å². The largest absolute Gasteiger partial charge is 0.391 e. The molecule has 4 atom stereocenters. The van der Waals surface area contributed by atoms with Crippen LogP contribution in [0.25, 0.3) is 10.4 Å². The van der Waals surface area contributed by atoms with Gasteiger partial charge in [-0.3, -0.25) is 14.4 Å². The molecule has 3 aromatic rings. The number of nitrogens with one attached hydrogen (secondary N) is 2. The van der Waals surface area contributed by atoms with Gasteiger partial charge in [0.2, 0.25) is 17.7 Å². The predicted octanol–water partition coefficient (Wildman–Crippen LogP) is 3.50. The van der Waals surface area contributed by atoms with Crippen LogP contribution in [0, 0.1) is 19.8 Å². The standard InChI is InChI=1S/C29H37N5O5S/c1-16(2)27(24-10-17(3)33-39-24)29(38)34-14-22(35)11-21(34)12-26(37)32-23(13-25(36)30-5)19-6-8-20(9-7-19)28-18(4)31-15-40-28/h6-10,15-16,21-23,27,35H,11-14H2,1-5H3,(H,30,36)(H,32,37)/t21-,22+,23-,27+/m0/s1. The normalized spacial score (nSPS) is 18.5. The molecule has 4 rings (SSSR count). The number of likely N-dealkylation sites (tertiary alicyclic amines) is 1. The molecule has 0 saturated carbocycles. The number of hydrogen-bond donors (Lipinski definition) is 3. The number of aryl methyl sites for hydroxylation is 2. The summed E-state index contributed by atoms with van der Waals surface area (Å²) in [6, 6.07) is 8.45. The van der Waals surface area contributed by atoms with Crippen molar-refractivity contribution in [3.05, 3.63) is 58.6 Å². The van der Waals surface area contributed by atoms with E-state index in [0.29, 0.717) is 17.9 Å². The Labute approximate surface area is 238 Å². The summed E-state index contributed by atoms with van der Waals surface area (Å²) in [4.78, 5) is 46.2. The molecule has 3 amide bonds. The summed E-state index contributed by atoms with van der Waals surface area (Å²) in [5.41, 5.74) is 5.25. The average Bonchev–Trinajstić information content (AvgIpc) is 3.63. The second-order valence-corrected chi connectivity index (χ2v) is 11.6. The number of carbonyl (C=O) groups excluding carboxylic acids is 3. The zero-order valence-electron chi connectivity index (χ0n) is 23.5. The van der Waals surface area contributed by atoms with Gasteiger partial charge in [-0.25, -0.2) is 4.98 Å². The van der Waals surface area contributed by atoms with Crippen LogP contribution in [-0.2, 0) is 14.4 Å². The lowest BCUT2D eigenvalue weighted by Gasteiger charge is -2.29. The first-order valence-corrected chi connectivity index (χ1v) is 14.4. The van der Waals surface area contributed by atoms with Gasteiger partial charge < -0.3 is 25.2 Å². The quantitative estimate of drug-likeness (QED) is 0.341. The highest BCUT2D eigenvalue weighted by Crippen LogP contribution is 2.32. The Hall–Kier alpha value is -3.57. The van der Waals surface area contributed by atoms with Crippen molar-refractivity contribution in [2.45, 2.75) is 71.1 Å². The van der Waals surface area contributed by atoms with E-state index in [1.165, 1.54) is 0 Å². The fourth-order valence-corrected chi connectivity index (χ4v) is 6.06. The minimum Gasteiger partial charge on any atom is -0.391 e. The number of amides is 3. The maximum atomic E-state index is 13.7. The average molecular weight is 568 g/mol. The lowest BCUT2D eigenvalue weighted by Crippen LogP contribution is -2.43. The van der Waals surface area contributed by atoms with Crippen LogP contribution in [0.3, 0.4) is 0 Å². The summed E-state index contributed by atoms with van der Waals surface area (Å²) >= 11 is 1.56. The van der Waals surface area contributed by atoms with Gasteiger partial charge in [-0.1, -0.05) is 43.3 Å². The number of rotatable bonds is 10. The fourth-order valence-electron chi connectivity index (χ4n) is 5.25. The van der Waals surface area contributed by atoms with Crippen LogP contribution in [0.4, 0.5) is 0 Å². The molecular formula is C29H37N5O5S. The van der Waals surface area contributed by atoms with Gasteiger partial charge in [-0.05, 0) is 37.3 Å². The summed E-state index contributed by atoms with van der Waals surface area (Å²) in [7, 11) is 1.56. The zero-order valence-corrected chi connectivity index (χ0v) is 24.3. The van der Waals surface area contributed by atoms with Gasteiger partial charge in [0.05, 0.1) is 40.3 Å². The van der Waals surface area contributed by atoms with Crippen molar-refractivity contribution >= 4 is 29.1 Å². The zero-order chi connectivity index (χ0) is 29.0. The van der Waals surface area contributed by atoms with Gasteiger partial charge in [0.15, 0.2) is 0 Å². The molecular weight excluding hydrogens is 530 g/mol. The van der Waals surface area contributed by atoms with Gasteiger partial charge in [0.1, 0.15) is 11.7 Å². The van der Waals surface area contributed by atoms with E-state index in [1.807, 2.05) is 45.0 Å². The van der Waals surface area contributed by atoms with Gasteiger partial charge in [0.25, 0.3) is 0 Å². The first-order valence-electron chi connectivity index (χ1n) is 13.5. The monoisotopic (exact) mass is 567 g/mol. The minimum absolute atomic E-state index is 0.00539. The molecule has 214 valence electrons. The Morgan fingerprint density at radius 1 is 1.18 bits per heavy atom. The SMILES string of the molecule is CNC(=O)C[C@H](NC(=O)C[C@@H]1C[C@@H](O)CN1C(=O)[C@@H](c1cc(C)no1)C(C)C)c1ccc(-c2scnc2C)cc1. The molecule has 0 spiro atoms. The molecule has 1 saturated heterocycles. The summed E-state index contributed by atoms with van der Waals surface area (Å²) in [5.74, 6) is -0.867. The molecule has 0 aliphatic carbocycles. The molecule has 3 heterocycles. The van der Waals surface area contributed by atoms with Crippen molar-refractivity contribution in [1.29, 1.82) is 0 Å². The maximum absolute atomic E-state index is 13.7. The maximum Gasteiger partial charge on any atom is 0.234 e. The summed E-state index contributed by atoms with van der Waals surface area (Å²) in [5, 5.41) is 20.0. The fraction of sp³-hybridized carbons (Fsp3) is 0.483. The number of aliphatic hydroxyl groups excluding tert-OH is 1. The van der Waals surface area contributed by atoms with E-state index in [4.69, 9.17) is 4.52 Å². The van der Waals surface area contributed by atoms with Crippen LogP contribution in [0.2, 0.25) is 0 Å². The molecule has 1 aliphatic heterocycles. The number of β-amino-alcohol motifs (C(OH)–C–C–N with tert-alkyl or cyclic N) is 1. The number of nitrogens with zero attached hydrogens (tertiary/aromatic N) is 3. The summed E-state index contributed by atoms with van der Waals surface area (Å²) in [6.07, 6.45) is -0.360. The van der Waals surface area contributed by atoms with Crippen LogP contribution in [0.15, 0.2) is 40.4 Å². The molecule has 1 aliphatic rings. The number of benzene rings is 1. The van der Waals surface area contributed by atoms with Crippen molar-refractivity contribution in [3.63, 3.8) is 0 Å². The van der Waals surface area contributed by atoms with E-state index in [9.17, 15) is 19.5 Å². The van der Waals surface area contributed by atoms with Gasteiger partial charge in [-0.2, -0.15) is 0 Å². The smallest absolute Gasteiger partial charge is 0.234 e. The molecule has 0 unspecified atom stereocenters. The van der Waals surface area contributed by atoms with Gasteiger partial charge in [0, 0.05) is 32.1 Å². The van der Waals surface area contributed by atoms with E-state index in [-0.39, 0.29) is 43.0 Å². The highest BCUT2D eigenvalue weighted by atomic mass is 32.1. The number of hydrogen-bond acceptors (Lipinski definition) is 8. The van der Waals surface area contributed by atoms with E-state index < -0.39 is 24.1 Å². The van der Waals surface area contributed by atoms with E-state index in [1.54, 1.807) is 41.8 Å². The lowest BCUT2D eigenvalue weighted by molar-refractivity contribution is -0.136. The Kier molecular flexibility index (Phi) is 9.36. The molecule has 40 heavy (non-hydrogen) atoms.